The van der Waals surface area contributed by atoms with E-state index in [1.807, 2.05) is 0 Å². The lowest BCUT2D eigenvalue weighted by Gasteiger charge is -2.36. The van der Waals surface area contributed by atoms with Crippen molar-refractivity contribution in [3.05, 3.63) is 92.3 Å². The molecule has 0 aliphatic heterocycles. The van der Waals surface area contributed by atoms with Crippen LogP contribution in [0.4, 0.5) is 27.8 Å². The number of aromatic nitrogens is 2. The zero-order valence-electron chi connectivity index (χ0n) is 26.8. The van der Waals surface area contributed by atoms with Crippen molar-refractivity contribution < 1.29 is 26.7 Å². The SMILES string of the molecule is C/C1=C(/C)CC(C)CC(C)(Cc2nc3c(nc2N(C)C(=O)Cc2c(C)c(F)c(F)c(F)c2F)CCC2=C3CC=CC(F)=C2)CC1. The molecule has 1 amide bonds. The monoisotopic (exact) mass is 625 g/mol. The number of carbonyl (C=O) groups is 1. The Morgan fingerprint density at radius 2 is 1.69 bits per heavy atom. The van der Waals surface area contributed by atoms with Crippen molar-refractivity contribution in [2.75, 3.05) is 11.9 Å². The average molecular weight is 626 g/mol. The van der Waals surface area contributed by atoms with Gasteiger partial charge in [-0.25, -0.2) is 31.9 Å². The highest BCUT2D eigenvalue weighted by molar-refractivity contribution is 5.94. The van der Waals surface area contributed by atoms with Crippen LogP contribution in [0, 0.1) is 41.5 Å². The first kappa shape index (κ1) is 32.8. The largest absolute Gasteiger partial charge is 0.298 e. The topological polar surface area (TPSA) is 46.1 Å². The molecule has 0 bridgehead atoms. The Morgan fingerprint density at radius 3 is 2.42 bits per heavy atom. The maximum atomic E-state index is 14.8. The Labute approximate surface area is 261 Å². The molecule has 0 saturated heterocycles. The van der Waals surface area contributed by atoms with Crippen LogP contribution in [-0.4, -0.2) is 22.9 Å². The summed E-state index contributed by atoms with van der Waals surface area (Å²) in [6, 6.07) is 0. The minimum atomic E-state index is -1.95. The van der Waals surface area contributed by atoms with E-state index in [0.29, 0.717) is 54.5 Å². The minimum absolute atomic E-state index is 0.184. The van der Waals surface area contributed by atoms with E-state index in [-0.39, 0.29) is 11.2 Å². The van der Waals surface area contributed by atoms with Crippen molar-refractivity contribution in [3.8, 4) is 0 Å². The van der Waals surface area contributed by atoms with Gasteiger partial charge >= 0.3 is 0 Å². The van der Waals surface area contributed by atoms with E-state index in [1.165, 1.54) is 29.2 Å². The lowest BCUT2D eigenvalue weighted by atomic mass is 9.70. The molecule has 1 aromatic heterocycles. The van der Waals surface area contributed by atoms with E-state index in [4.69, 9.17) is 9.97 Å². The van der Waals surface area contributed by atoms with Crippen molar-refractivity contribution in [1.82, 2.24) is 9.97 Å². The van der Waals surface area contributed by atoms with Crippen LogP contribution in [0.5, 0.6) is 0 Å². The van der Waals surface area contributed by atoms with Gasteiger partial charge in [-0.1, -0.05) is 31.1 Å². The number of likely N-dealkylation sites (N-methyl/N-ethyl adjacent to an activating group) is 1. The molecule has 2 unspecified atom stereocenters. The van der Waals surface area contributed by atoms with E-state index in [9.17, 15) is 26.7 Å². The van der Waals surface area contributed by atoms with Gasteiger partial charge in [-0.2, -0.15) is 0 Å². The lowest BCUT2D eigenvalue weighted by Crippen LogP contribution is -2.33. The number of hydrogen-bond acceptors (Lipinski definition) is 3. The van der Waals surface area contributed by atoms with E-state index in [2.05, 4.69) is 27.7 Å². The fraction of sp³-hybridized carbons (Fsp3) is 0.472. The summed E-state index contributed by atoms with van der Waals surface area (Å²) in [5.74, 6) is -7.22. The van der Waals surface area contributed by atoms with Crippen LogP contribution in [0.2, 0.25) is 0 Å². The zero-order chi connectivity index (χ0) is 32.8. The predicted molar refractivity (Wildman–Crippen MR) is 166 cm³/mol. The van der Waals surface area contributed by atoms with Crippen LogP contribution in [-0.2, 0) is 24.1 Å². The molecule has 3 aliphatic rings. The van der Waals surface area contributed by atoms with Crippen LogP contribution in [0.15, 0.2) is 40.8 Å². The summed E-state index contributed by atoms with van der Waals surface area (Å²) in [4.78, 5) is 25.0. The van der Waals surface area contributed by atoms with Gasteiger partial charge in [-0.3, -0.25) is 9.69 Å². The third-order valence-electron chi connectivity index (χ3n) is 9.80. The molecule has 3 aliphatic carbocycles. The second-order valence-electron chi connectivity index (χ2n) is 13.5. The van der Waals surface area contributed by atoms with E-state index in [1.54, 1.807) is 12.2 Å². The molecule has 0 N–H and O–H groups in total. The van der Waals surface area contributed by atoms with E-state index >= 15 is 0 Å². The molecule has 45 heavy (non-hydrogen) atoms. The summed E-state index contributed by atoms with van der Waals surface area (Å²) in [5, 5.41) is 0. The summed E-state index contributed by atoms with van der Waals surface area (Å²) >= 11 is 0. The van der Waals surface area contributed by atoms with Gasteiger partial charge < -0.3 is 0 Å². The Morgan fingerprint density at radius 1 is 0.978 bits per heavy atom. The van der Waals surface area contributed by atoms with Crippen molar-refractivity contribution in [2.45, 2.75) is 92.4 Å². The second-order valence-corrected chi connectivity index (χ2v) is 13.5. The van der Waals surface area contributed by atoms with Crippen molar-refractivity contribution >= 4 is 17.3 Å². The van der Waals surface area contributed by atoms with Gasteiger partial charge in [0.25, 0.3) is 0 Å². The van der Waals surface area contributed by atoms with Gasteiger partial charge in [-0.05, 0) is 112 Å². The number of halogens is 5. The standard InChI is InChI=1S/C36H40F5N3O/c1-19-14-21(3)20(2)12-13-36(5,17-19)18-28-35(43-27-11-10-23-15-24(37)8-7-9-25(23)34(27)42-28)44(6)29(45)16-26-22(4)30(38)32(40)33(41)31(26)39/h7-8,15,19H,9-14,16-18H2,1-6H3/b21-20+. The molecule has 1 aromatic carbocycles. The van der Waals surface area contributed by atoms with Gasteiger partial charge in [0.2, 0.25) is 5.91 Å². The molecule has 0 spiro atoms. The molecular weight excluding hydrogens is 585 g/mol. The highest BCUT2D eigenvalue weighted by atomic mass is 19.2. The highest BCUT2D eigenvalue weighted by Crippen LogP contribution is 2.43. The number of hydrogen-bond donors (Lipinski definition) is 0. The van der Waals surface area contributed by atoms with Gasteiger partial charge in [0.1, 0.15) is 5.83 Å². The molecule has 0 saturated carbocycles. The number of allylic oxidation sites excluding steroid dienone is 8. The number of benzene rings is 1. The third kappa shape index (κ3) is 6.54. The summed E-state index contributed by atoms with van der Waals surface area (Å²) in [7, 11) is 1.49. The average Bonchev–Trinajstić information content (AvgIpc) is 3.19. The molecule has 1 heterocycles. The Bertz CT molecular complexity index is 1660. The number of fused-ring (bicyclic) bond motifs is 2. The number of aryl methyl sites for hydroxylation is 1. The highest BCUT2D eigenvalue weighted by Gasteiger charge is 2.34. The fourth-order valence-electron chi connectivity index (χ4n) is 7.11. The molecule has 4 nitrogen and oxygen atoms in total. The van der Waals surface area contributed by atoms with Gasteiger partial charge in [0.05, 0.1) is 23.5 Å². The van der Waals surface area contributed by atoms with E-state index < -0.39 is 46.7 Å². The zero-order valence-corrected chi connectivity index (χ0v) is 26.8. The van der Waals surface area contributed by atoms with Crippen molar-refractivity contribution in [2.24, 2.45) is 11.3 Å². The summed E-state index contributed by atoms with van der Waals surface area (Å²) < 4.78 is 71.3. The van der Waals surface area contributed by atoms with Gasteiger partial charge in [-0.15, -0.1) is 0 Å². The Kier molecular flexibility index (Phi) is 9.20. The molecular formula is C36H40F5N3O. The normalized spacial score (nSPS) is 23.5. The maximum Gasteiger partial charge on any atom is 0.232 e. The molecule has 9 heteroatoms. The first-order valence-electron chi connectivity index (χ1n) is 15.6. The molecule has 2 aromatic rings. The quantitative estimate of drug-likeness (QED) is 0.144. The number of anilines is 1. The number of amides is 1. The molecule has 0 fully saturated rings. The maximum absolute atomic E-state index is 14.8. The Balaban J connectivity index is 1.58. The first-order chi connectivity index (χ1) is 21.2. The number of carbonyl (C=O) groups excluding carboxylic acids is 1. The lowest BCUT2D eigenvalue weighted by molar-refractivity contribution is -0.117. The minimum Gasteiger partial charge on any atom is -0.298 e. The van der Waals surface area contributed by atoms with Gasteiger partial charge in [0, 0.05) is 12.6 Å². The van der Waals surface area contributed by atoms with Crippen LogP contribution in [0.1, 0.15) is 94.4 Å². The third-order valence-corrected chi connectivity index (χ3v) is 9.80. The summed E-state index contributed by atoms with van der Waals surface area (Å²) in [6.07, 6.45) is 9.87. The van der Waals surface area contributed by atoms with Crippen LogP contribution >= 0.6 is 0 Å². The van der Waals surface area contributed by atoms with Crippen molar-refractivity contribution in [1.29, 1.82) is 0 Å². The van der Waals surface area contributed by atoms with Gasteiger partial charge in [0.15, 0.2) is 29.1 Å². The van der Waals surface area contributed by atoms with Crippen molar-refractivity contribution in [3.63, 3.8) is 0 Å². The Hall–Kier alpha value is -3.62. The number of nitrogens with zero attached hydrogens (tertiary/aromatic N) is 3. The van der Waals surface area contributed by atoms with Crippen LogP contribution in [0.25, 0.3) is 5.57 Å². The van der Waals surface area contributed by atoms with E-state index in [0.717, 1.165) is 43.8 Å². The second kappa shape index (κ2) is 12.6. The fourth-order valence-corrected chi connectivity index (χ4v) is 7.11. The first-order valence-corrected chi connectivity index (χ1v) is 15.6. The predicted octanol–water partition coefficient (Wildman–Crippen LogP) is 9.16. The summed E-state index contributed by atoms with van der Waals surface area (Å²) in [5.41, 5.74) is 5.32. The van der Waals surface area contributed by atoms with Crippen LogP contribution < -0.4 is 4.90 Å². The molecule has 240 valence electrons. The number of rotatable bonds is 5. The summed E-state index contributed by atoms with van der Waals surface area (Å²) in [6.45, 7) is 9.95. The molecule has 0 radical (unpaired) electrons. The van der Waals surface area contributed by atoms with Crippen LogP contribution in [0.3, 0.4) is 0 Å². The molecule has 2 atom stereocenters. The molecule has 5 rings (SSSR count). The smallest absolute Gasteiger partial charge is 0.232 e.